The van der Waals surface area contributed by atoms with Gasteiger partial charge in [0.25, 0.3) is 0 Å². The molecule has 0 saturated carbocycles. The second kappa shape index (κ2) is 11.6. The molecule has 7 nitrogen and oxygen atoms in total. The summed E-state index contributed by atoms with van der Waals surface area (Å²) in [4.78, 5) is 4.63. The lowest BCUT2D eigenvalue weighted by atomic mass is 10.2. The summed E-state index contributed by atoms with van der Waals surface area (Å²) in [6.07, 6.45) is 0.974. The van der Waals surface area contributed by atoms with Gasteiger partial charge in [-0.15, -0.1) is 0 Å². The first-order chi connectivity index (χ1) is 16.6. The summed E-state index contributed by atoms with van der Waals surface area (Å²) < 4.78 is 22.7. The monoisotopic (exact) mass is 483 g/mol. The van der Waals surface area contributed by atoms with Crippen LogP contribution in [0.5, 0.6) is 11.5 Å². The average Bonchev–Trinajstić information content (AvgIpc) is 3.32. The number of methoxy groups -OCH3 is 2. The van der Waals surface area contributed by atoms with Gasteiger partial charge in [-0.05, 0) is 49.8 Å². The van der Waals surface area contributed by atoms with E-state index in [-0.39, 0.29) is 6.04 Å². The van der Waals surface area contributed by atoms with Crippen LogP contribution in [-0.2, 0) is 4.74 Å². The summed E-state index contributed by atoms with van der Waals surface area (Å²) in [5.41, 5.74) is 1.59. The molecule has 0 spiro atoms. The quantitative estimate of drug-likeness (QED) is 0.430. The average molecular weight is 484 g/mol. The molecule has 1 atom stereocenters. The fourth-order valence-corrected chi connectivity index (χ4v) is 4.63. The van der Waals surface area contributed by atoms with E-state index in [1.54, 1.807) is 14.2 Å². The number of anilines is 1. The number of nitrogens with one attached hydrogen (secondary N) is 1. The molecule has 4 rings (SSSR count). The van der Waals surface area contributed by atoms with Gasteiger partial charge in [0.1, 0.15) is 11.5 Å². The van der Waals surface area contributed by atoms with Crippen molar-refractivity contribution in [1.82, 2.24) is 9.80 Å². The van der Waals surface area contributed by atoms with Gasteiger partial charge in [0.15, 0.2) is 16.4 Å². The maximum atomic E-state index is 6.27. The van der Waals surface area contributed by atoms with Crippen molar-refractivity contribution in [2.45, 2.75) is 19.4 Å². The number of furan rings is 1. The Balaban J connectivity index is 1.54. The predicted molar refractivity (Wildman–Crippen MR) is 139 cm³/mol. The largest absolute Gasteiger partial charge is 0.495 e. The number of benzene rings is 2. The Labute approximate surface area is 206 Å². The van der Waals surface area contributed by atoms with Crippen molar-refractivity contribution < 1.29 is 18.6 Å². The lowest BCUT2D eigenvalue weighted by Gasteiger charge is -2.32. The molecule has 1 aromatic heterocycles. The van der Waals surface area contributed by atoms with Gasteiger partial charge in [-0.25, -0.2) is 0 Å². The van der Waals surface area contributed by atoms with Gasteiger partial charge in [0, 0.05) is 31.6 Å². The Morgan fingerprint density at radius 1 is 1.09 bits per heavy atom. The van der Waals surface area contributed by atoms with Crippen LogP contribution in [0.15, 0.2) is 52.9 Å². The highest BCUT2D eigenvalue weighted by atomic mass is 32.1. The standard InChI is InChI=1S/C26H33N3O4S/c1-19(24-18-20-8-6-11-23(31-3)25(20)33-24)29(13-7-12-28-14-16-32-17-15-28)26(34)27-21-9-4-5-10-22(21)30-2/h4-6,8-11,18-19H,7,12-17H2,1-3H3,(H,27,34)/t19-/m0/s1. The van der Waals surface area contributed by atoms with Gasteiger partial charge in [-0.2, -0.15) is 0 Å². The highest BCUT2D eigenvalue weighted by Gasteiger charge is 2.24. The summed E-state index contributed by atoms with van der Waals surface area (Å²) in [5.74, 6) is 2.32. The maximum Gasteiger partial charge on any atom is 0.176 e. The molecule has 34 heavy (non-hydrogen) atoms. The van der Waals surface area contributed by atoms with E-state index in [1.807, 2.05) is 42.5 Å². The summed E-state index contributed by atoms with van der Waals surface area (Å²) in [6.45, 7) is 7.45. The third-order valence-electron chi connectivity index (χ3n) is 6.21. The zero-order valence-electron chi connectivity index (χ0n) is 20.1. The van der Waals surface area contributed by atoms with Crippen LogP contribution in [0, 0.1) is 0 Å². The lowest BCUT2D eigenvalue weighted by Crippen LogP contribution is -2.41. The van der Waals surface area contributed by atoms with Crippen molar-refractivity contribution in [3.05, 3.63) is 54.3 Å². The molecule has 1 aliphatic rings. The summed E-state index contributed by atoms with van der Waals surface area (Å²) in [6, 6.07) is 15.7. The van der Waals surface area contributed by atoms with Crippen molar-refractivity contribution in [2.24, 2.45) is 0 Å². The topological polar surface area (TPSA) is 59.3 Å². The number of rotatable bonds is 9. The van der Waals surface area contributed by atoms with E-state index in [0.717, 1.165) is 79.7 Å². The van der Waals surface area contributed by atoms with Crippen LogP contribution in [0.25, 0.3) is 11.0 Å². The van der Waals surface area contributed by atoms with Gasteiger partial charge >= 0.3 is 0 Å². The zero-order chi connectivity index (χ0) is 23.9. The van der Waals surface area contributed by atoms with Crippen LogP contribution < -0.4 is 14.8 Å². The second-order valence-corrected chi connectivity index (χ2v) is 8.72. The second-order valence-electron chi connectivity index (χ2n) is 8.33. The number of nitrogens with zero attached hydrogens (tertiary/aromatic N) is 2. The highest BCUT2D eigenvalue weighted by Crippen LogP contribution is 2.33. The lowest BCUT2D eigenvalue weighted by molar-refractivity contribution is 0.0365. The molecule has 182 valence electrons. The molecule has 8 heteroatoms. The highest BCUT2D eigenvalue weighted by molar-refractivity contribution is 7.80. The molecular formula is C26H33N3O4S. The minimum Gasteiger partial charge on any atom is -0.495 e. The molecule has 1 N–H and O–H groups in total. The molecule has 2 aromatic carbocycles. The first-order valence-electron chi connectivity index (χ1n) is 11.7. The van der Waals surface area contributed by atoms with Crippen molar-refractivity contribution in [1.29, 1.82) is 0 Å². The number of morpholine rings is 1. The zero-order valence-corrected chi connectivity index (χ0v) is 20.9. The van der Waals surface area contributed by atoms with Crippen molar-refractivity contribution in [2.75, 3.05) is 58.9 Å². The van der Waals surface area contributed by atoms with Crippen LogP contribution in [0.1, 0.15) is 25.1 Å². The SMILES string of the molecule is COc1ccccc1NC(=S)N(CCCN1CCOCC1)[C@@H](C)c1cc2cccc(OC)c2o1. The Kier molecular flexibility index (Phi) is 8.26. The molecular weight excluding hydrogens is 450 g/mol. The molecule has 3 aromatic rings. The van der Waals surface area contributed by atoms with Crippen molar-refractivity contribution in [3.8, 4) is 11.5 Å². The maximum absolute atomic E-state index is 6.27. The Hall–Kier alpha value is -2.81. The van der Waals surface area contributed by atoms with E-state index >= 15 is 0 Å². The van der Waals surface area contributed by atoms with Crippen molar-refractivity contribution >= 4 is 34.0 Å². The first-order valence-corrected chi connectivity index (χ1v) is 12.1. The third kappa shape index (κ3) is 5.63. The summed E-state index contributed by atoms with van der Waals surface area (Å²) >= 11 is 5.90. The number of ether oxygens (including phenoxy) is 3. The molecule has 0 unspecified atom stereocenters. The van der Waals surface area contributed by atoms with Crippen molar-refractivity contribution in [3.63, 3.8) is 0 Å². The van der Waals surface area contributed by atoms with E-state index in [4.69, 9.17) is 30.8 Å². The number of thiocarbonyl (C=S) groups is 1. The smallest absolute Gasteiger partial charge is 0.176 e. The molecule has 0 amide bonds. The van der Waals surface area contributed by atoms with Crippen LogP contribution in [0.3, 0.4) is 0 Å². The van der Waals surface area contributed by atoms with Gasteiger partial charge in [-0.1, -0.05) is 24.3 Å². The minimum absolute atomic E-state index is 0.0727. The van der Waals surface area contributed by atoms with Gasteiger partial charge in [0.2, 0.25) is 0 Å². The number of para-hydroxylation sites is 3. The molecule has 0 aliphatic carbocycles. The third-order valence-corrected chi connectivity index (χ3v) is 6.55. The van der Waals surface area contributed by atoms with Gasteiger partial charge in [0.05, 0.1) is 39.2 Å². The summed E-state index contributed by atoms with van der Waals surface area (Å²) in [7, 11) is 3.32. The van der Waals surface area contributed by atoms with Crippen LogP contribution >= 0.6 is 12.2 Å². The number of hydrogen-bond donors (Lipinski definition) is 1. The molecule has 0 radical (unpaired) electrons. The van der Waals surface area contributed by atoms with Gasteiger partial charge in [-0.3, -0.25) is 4.90 Å². The van der Waals surface area contributed by atoms with Crippen LogP contribution in [-0.4, -0.2) is 68.5 Å². The van der Waals surface area contributed by atoms with E-state index in [1.165, 1.54) is 0 Å². The fourth-order valence-electron chi connectivity index (χ4n) is 4.27. The predicted octanol–water partition coefficient (Wildman–Crippen LogP) is 4.93. The minimum atomic E-state index is -0.0727. The summed E-state index contributed by atoms with van der Waals surface area (Å²) in [5, 5.41) is 5.03. The van der Waals surface area contributed by atoms with E-state index in [0.29, 0.717) is 5.11 Å². The fraction of sp³-hybridized carbons (Fsp3) is 0.423. The van der Waals surface area contributed by atoms with E-state index < -0.39 is 0 Å². The Morgan fingerprint density at radius 2 is 1.82 bits per heavy atom. The first kappa shape index (κ1) is 24.3. The van der Waals surface area contributed by atoms with Crippen LogP contribution in [0.4, 0.5) is 5.69 Å². The Bertz CT molecular complexity index is 1100. The number of hydrogen-bond acceptors (Lipinski definition) is 6. The normalized spacial score (nSPS) is 15.1. The molecule has 1 saturated heterocycles. The van der Waals surface area contributed by atoms with Crippen LogP contribution in [0.2, 0.25) is 0 Å². The van der Waals surface area contributed by atoms with E-state index in [2.05, 4.69) is 28.1 Å². The van der Waals surface area contributed by atoms with Gasteiger partial charge < -0.3 is 28.8 Å². The Morgan fingerprint density at radius 3 is 2.59 bits per heavy atom. The molecule has 0 bridgehead atoms. The molecule has 1 fully saturated rings. The number of fused-ring (bicyclic) bond motifs is 1. The molecule has 1 aliphatic heterocycles. The molecule has 2 heterocycles. The van der Waals surface area contributed by atoms with E-state index in [9.17, 15) is 0 Å².